The fourth-order valence-electron chi connectivity index (χ4n) is 1.75. The number of nitrogens with one attached hydrogen (secondary N) is 2. The summed E-state index contributed by atoms with van der Waals surface area (Å²) in [7, 11) is -3.97. The molecule has 1 aromatic carbocycles. The van der Waals surface area contributed by atoms with Crippen LogP contribution in [0.25, 0.3) is 0 Å². The van der Waals surface area contributed by atoms with Gasteiger partial charge in [0.2, 0.25) is 15.5 Å². The third kappa shape index (κ3) is 3.12. The minimum Gasteiger partial charge on any atom is -0.366 e. The van der Waals surface area contributed by atoms with Crippen LogP contribution in [-0.4, -0.2) is 13.4 Å². The van der Waals surface area contributed by atoms with Crippen molar-refractivity contribution in [3.05, 3.63) is 64.3 Å². The molecule has 20 heavy (non-hydrogen) atoms. The Morgan fingerprint density at radius 3 is 2.70 bits per heavy atom. The molecule has 5 nitrogen and oxygen atoms in total. The van der Waals surface area contributed by atoms with Crippen molar-refractivity contribution < 1.29 is 12.8 Å². The second-order valence-electron chi connectivity index (χ2n) is 4.27. The van der Waals surface area contributed by atoms with Gasteiger partial charge in [0.1, 0.15) is 10.7 Å². The first-order valence-electron chi connectivity index (χ1n) is 5.85. The zero-order chi connectivity index (χ0) is 14.8. The second-order valence-corrected chi connectivity index (χ2v) is 5.95. The zero-order valence-corrected chi connectivity index (χ0v) is 11.4. The van der Waals surface area contributed by atoms with Crippen LogP contribution in [0.5, 0.6) is 0 Å². The number of aromatic amines is 1. The SMILES string of the molecule is CC(NS(=O)(=O)c1c[nH]ccc1=O)c1cccc(F)c1. The maximum absolute atomic E-state index is 13.1. The van der Waals surface area contributed by atoms with Crippen LogP contribution in [-0.2, 0) is 10.0 Å². The Morgan fingerprint density at radius 2 is 2.05 bits per heavy atom. The van der Waals surface area contributed by atoms with E-state index in [0.29, 0.717) is 5.56 Å². The Hall–Kier alpha value is -1.99. The van der Waals surface area contributed by atoms with Gasteiger partial charge in [-0.15, -0.1) is 0 Å². The Labute approximate surface area is 115 Å². The second kappa shape index (κ2) is 5.56. The maximum Gasteiger partial charge on any atom is 0.246 e. The summed E-state index contributed by atoms with van der Waals surface area (Å²) in [5.74, 6) is -0.453. The number of rotatable bonds is 4. The molecular weight excluding hydrogens is 283 g/mol. The molecule has 106 valence electrons. The van der Waals surface area contributed by atoms with E-state index >= 15 is 0 Å². The fraction of sp³-hybridized carbons (Fsp3) is 0.154. The van der Waals surface area contributed by atoms with Gasteiger partial charge < -0.3 is 4.98 Å². The van der Waals surface area contributed by atoms with Crippen LogP contribution in [0.1, 0.15) is 18.5 Å². The lowest BCUT2D eigenvalue weighted by Gasteiger charge is -2.14. The molecule has 0 aliphatic heterocycles. The summed E-state index contributed by atoms with van der Waals surface area (Å²) < 4.78 is 39.7. The Bertz CT molecular complexity index is 771. The normalized spacial score (nSPS) is 13.1. The van der Waals surface area contributed by atoms with E-state index in [2.05, 4.69) is 9.71 Å². The quantitative estimate of drug-likeness (QED) is 0.898. The lowest BCUT2D eigenvalue weighted by molar-refractivity contribution is 0.563. The molecule has 0 saturated carbocycles. The van der Waals surface area contributed by atoms with Gasteiger partial charge in [0.25, 0.3) is 0 Å². The average molecular weight is 296 g/mol. The molecule has 0 saturated heterocycles. The highest BCUT2D eigenvalue weighted by Crippen LogP contribution is 2.16. The lowest BCUT2D eigenvalue weighted by Crippen LogP contribution is -2.30. The summed E-state index contributed by atoms with van der Waals surface area (Å²) in [5.41, 5.74) is -0.136. The molecule has 2 aromatic rings. The highest BCUT2D eigenvalue weighted by Gasteiger charge is 2.21. The van der Waals surface area contributed by atoms with Crippen molar-refractivity contribution in [1.82, 2.24) is 9.71 Å². The van der Waals surface area contributed by atoms with Gasteiger partial charge in [-0.2, -0.15) is 0 Å². The lowest BCUT2D eigenvalue weighted by atomic mass is 10.1. The molecule has 0 bridgehead atoms. The summed E-state index contributed by atoms with van der Waals surface area (Å²) in [6.45, 7) is 1.57. The molecule has 1 heterocycles. The number of hydrogen-bond donors (Lipinski definition) is 2. The first-order chi connectivity index (χ1) is 9.40. The molecule has 1 atom stereocenters. The van der Waals surface area contributed by atoms with E-state index in [4.69, 9.17) is 0 Å². The summed E-state index contributed by atoms with van der Waals surface area (Å²) in [4.78, 5) is 13.7. The molecular formula is C13H13FN2O3S. The van der Waals surface area contributed by atoms with Crippen molar-refractivity contribution in [1.29, 1.82) is 0 Å². The van der Waals surface area contributed by atoms with Crippen LogP contribution in [0.3, 0.4) is 0 Å². The predicted molar refractivity (Wildman–Crippen MR) is 72.2 cm³/mol. The van der Waals surface area contributed by atoms with Gasteiger partial charge >= 0.3 is 0 Å². The van der Waals surface area contributed by atoms with E-state index in [1.165, 1.54) is 24.4 Å². The number of aromatic nitrogens is 1. The number of H-pyrrole nitrogens is 1. The van der Waals surface area contributed by atoms with E-state index in [-0.39, 0.29) is 4.90 Å². The van der Waals surface area contributed by atoms with Gasteiger partial charge in [0.05, 0.1) is 0 Å². The minimum atomic E-state index is -3.97. The Morgan fingerprint density at radius 1 is 1.30 bits per heavy atom. The van der Waals surface area contributed by atoms with Crippen LogP contribution in [0.2, 0.25) is 0 Å². The van der Waals surface area contributed by atoms with E-state index in [1.54, 1.807) is 13.0 Å². The van der Waals surface area contributed by atoms with Crippen LogP contribution in [0, 0.1) is 5.82 Å². The Kier molecular flexibility index (Phi) is 4.01. The molecule has 0 radical (unpaired) electrons. The van der Waals surface area contributed by atoms with Crippen molar-refractivity contribution in [2.75, 3.05) is 0 Å². The van der Waals surface area contributed by atoms with E-state index < -0.39 is 27.3 Å². The molecule has 0 aliphatic rings. The third-order valence-electron chi connectivity index (χ3n) is 2.76. The van der Waals surface area contributed by atoms with E-state index in [9.17, 15) is 17.6 Å². The molecule has 0 aliphatic carbocycles. The monoisotopic (exact) mass is 296 g/mol. The first kappa shape index (κ1) is 14.4. The van der Waals surface area contributed by atoms with Crippen LogP contribution in [0.4, 0.5) is 4.39 Å². The minimum absolute atomic E-state index is 0.372. The average Bonchev–Trinajstić information content (AvgIpc) is 2.38. The van der Waals surface area contributed by atoms with E-state index in [0.717, 1.165) is 12.3 Å². The van der Waals surface area contributed by atoms with Gasteiger partial charge in [-0.05, 0) is 24.6 Å². The molecule has 2 rings (SSSR count). The van der Waals surface area contributed by atoms with Crippen molar-refractivity contribution in [3.8, 4) is 0 Å². The summed E-state index contributed by atoms with van der Waals surface area (Å²) in [6, 6.07) is 6.07. The maximum atomic E-state index is 13.1. The van der Waals surface area contributed by atoms with Gasteiger partial charge in [0, 0.05) is 24.5 Å². The highest BCUT2D eigenvalue weighted by molar-refractivity contribution is 7.89. The van der Waals surface area contributed by atoms with Crippen molar-refractivity contribution in [2.24, 2.45) is 0 Å². The van der Waals surface area contributed by atoms with Crippen LogP contribution < -0.4 is 10.2 Å². The number of pyridine rings is 1. The highest BCUT2D eigenvalue weighted by atomic mass is 32.2. The molecule has 0 spiro atoms. The largest absolute Gasteiger partial charge is 0.366 e. The van der Waals surface area contributed by atoms with Crippen molar-refractivity contribution >= 4 is 10.0 Å². The standard InChI is InChI=1S/C13H13FN2O3S/c1-9(10-3-2-4-11(14)7-10)16-20(18,19)13-8-15-6-5-12(13)17/h2-9,16H,1H3,(H,15,17). The number of benzene rings is 1. The smallest absolute Gasteiger partial charge is 0.246 e. The number of halogens is 1. The van der Waals surface area contributed by atoms with Gasteiger partial charge in [-0.3, -0.25) is 4.79 Å². The van der Waals surface area contributed by atoms with Gasteiger partial charge in [-0.25, -0.2) is 17.5 Å². The molecule has 7 heteroatoms. The van der Waals surface area contributed by atoms with Crippen LogP contribution >= 0.6 is 0 Å². The molecule has 1 aromatic heterocycles. The first-order valence-corrected chi connectivity index (χ1v) is 7.33. The summed E-state index contributed by atoms with van der Waals surface area (Å²) >= 11 is 0. The summed E-state index contributed by atoms with van der Waals surface area (Å²) in [6.07, 6.45) is 2.46. The number of hydrogen-bond acceptors (Lipinski definition) is 3. The van der Waals surface area contributed by atoms with Gasteiger partial charge in [-0.1, -0.05) is 12.1 Å². The van der Waals surface area contributed by atoms with Gasteiger partial charge in [0.15, 0.2) is 0 Å². The molecule has 1 unspecified atom stereocenters. The topological polar surface area (TPSA) is 79.0 Å². The molecule has 0 amide bonds. The third-order valence-corrected chi connectivity index (χ3v) is 4.32. The molecule has 2 N–H and O–H groups in total. The van der Waals surface area contributed by atoms with Crippen molar-refractivity contribution in [2.45, 2.75) is 17.9 Å². The van der Waals surface area contributed by atoms with E-state index in [1.807, 2.05) is 0 Å². The fourth-order valence-corrected chi connectivity index (χ4v) is 3.04. The number of sulfonamides is 1. The molecule has 0 fully saturated rings. The Balaban J connectivity index is 2.29. The summed E-state index contributed by atoms with van der Waals surface area (Å²) in [5, 5.41) is 0. The zero-order valence-electron chi connectivity index (χ0n) is 10.6. The van der Waals surface area contributed by atoms with Crippen molar-refractivity contribution in [3.63, 3.8) is 0 Å². The predicted octanol–water partition coefficient (Wildman–Crippen LogP) is 1.55. The van der Waals surface area contributed by atoms with Crippen LogP contribution in [0.15, 0.2) is 52.4 Å².